The maximum absolute atomic E-state index is 13.1. The van der Waals surface area contributed by atoms with Crippen LogP contribution >= 0.6 is 0 Å². The number of ether oxygens (including phenoxy) is 2. The molecule has 11 heteroatoms. The molecule has 0 unspecified atom stereocenters. The van der Waals surface area contributed by atoms with Crippen molar-refractivity contribution in [3.63, 3.8) is 0 Å². The molecule has 196 valence electrons. The fourth-order valence-corrected chi connectivity index (χ4v) is 4.18. The number of hydrogen-bond donors (Lipinski definition) is 4. The number of amides is 2. The molecule has 2 aromatic rings. The average Bonchev–Trinajstić information content (AvgIpc) is 3.71. The van der Waals surface area contributed by atoms with Crippen molar-refractivity contribution in [2.75, 3.05) is 13.2 Å². The number of halogens is 3. The van der Waals surface area contributed by atoms with E-state index in [4.69, 9.17) is 15.9 Å². The van der Waals surface area contributed by atoms with Gasteiger partial charge in [-0.2, -0.15) is 13.2 Å². The van der Waals surface area contributed by atoms with Crippen LogP contribution in [0, 0.1) is 12.3 Å². The number of terminal acetylenes is 1. The Balaban J connectivity index is 1.12. The van der Waals surface area contributed by atoms with Crippen LogP contribution in [0.25, 0.3) is 0 Å². The Hall–Kier alpha value is -3.75. The van der Waals surface area contributed by atoms with Gasteiger partial charge in [0.1, 0.15) is 11.5 Å². The van der Waals surface area contributed by atoms with E-state index in [9.17, 15) is 22.8 Å². The molecule has 2 aromatic carbocycles. The zero-order valence-corrected chi connectivity index (χ0v) is 19.9. The van der Waals surface area contributed by atoms with E-state index in [0.29, 0.717) is 31.4 Å². The van der Waals surface area contributed by atoms with Crippen molar-refractivity contribution in [1.29, 1.82) is 0 Å². The summed E-state index contributed by atoms with van der Waals surface area (Å²) in [7, 11) is 0. The second kappa shape index (κ2) is 11.1. The molecular weight excluding hydrogens is 489 g/mol. The van der Waals surface area contributed by atoms with E-state index < -0.39 is 11.8 Å². The minimum Gasteiger partial charge on any atom is -0.484 e. The summed E-state index contributed by atoms with van der Waals surface area (Å²) in [4.78, 5) is 24.5. The van der Waals surface area contributed by atoms with Crippen molar-refractivity contribution in [3.8, 4) is 23.8 Å². The van der Waals surface area contributed by atoms with Crippen molar-refractivity contribution >= 4 is 11.8 Å². The molecule has 4 rings (SSSR count). The first-order chi connectivity index (χ1) is 17.7. The molecule has 0 bridgehead atoms. The topological polar surface area (TPSA) is 121 Å². The van der Waals surface area contributed by atoms with Gasteiger partial charge in [-0.25, -0.2) is 10.9 Å². The lowest BCUT2D eigenvalue weighted by atomic mass is 9.91. The summed E-state index contributed by atoms with van der Waals surface area (Å²) in [5.74, 6) is 2.82. The van der Waals surface area contributed by atoms with E-state index in [-0.39, 0.29) is 48.4 Å². The zero-order chi connectivity index (χ0) is 26.5. The first-order valence-corrected chi connectivity index (χ1v) is 11.8. The van der Waals surface area contributed by atoms with Crippen molar-refractivity contribution in [1.82, 2.24) is 21.5 Å². The molecule has 0 atom stereocenters. The Morgan fingerprint density at radius 2 is 1.30 bits per heavy atom. The first kappa shape index (κ1) is 26.3. The molecular formula is C26H27F3N4O4. The predicted octanol–water partition coefficient (Wildman–Crippen LogP) is 2.49. The highest BCUT2D eigenvalue weighted by atomic mass is 19.4. The van der Waals surface area contributed by atoms with Crippen LogP contribution in [0.3, 0.4) is 0 Å². The molecule has 2 amide bonds. The van der Waals surface area contributed by atoms with Crippen molar-refractivity contribution in [2.45, 2.75) is 49.6 Å². The van der Waals surface area contributed by atoms with E-state index in [0.717, 1.165) is 5.56 Å². The minimum atomic E-state index is -4.49. The van der Waals surface area contributed by atoms with Gasteiger partial charge >= 0.3 is 6.18 Å². The van der Waals surface area contributed by atoms with Crippen LogP contribution in [0.1, 0.15) is 36.8 Å². The van der Waals surface area contributed by atoms with Crippen molar-refractivity contribution < 1.29 is 32.2 Å². The Kier molecular flexibility index (Phi) is 7.90. The number of rotatable bonds is 9. The third kappa shape index (κ3) is 6.72. The van der Waals surface area contributed by atoms with E-state index in [1.807, 2.05) is 0 Å². The number of alkyl halides is 3. The number of hydrazine groups is 1. The molecule has 0 radical (unpaired) electrons. The smallest absolute Gasteiger partial charge is 0.426 e. The molecule has 1 saturated heterocycles. The van der Waals surface area contributed by atoms with Gasteiger partial charge in [-0.3, -0.25) is 9.59 Å². The van der Waals surface area contributed by atoms with Crippen molar-refractivity contribution in [3.05, 3.63) is 59.7 Å². The second-order valence-corrected chi connectivity index (χ2v) is 8.95. The van der Waals surface area contributed by atoms with Crippen molar-refractivity contribution in [2.24, 2.45) is 0 Å². The van der Waals surface area contributed by atoms with Crippen LogP contribution < -0.4 is 31.0 Å². The quantitative estimate of drug-likeness (QED) is 0.300. The molecule has 2 fully saturated rings. The summed E-state index contributed by atoms with van der Waals surface area (Å²) in [6, 6.07) is 12.2. The highest BCUT2D eigenvalue weighted by Gasteiger charge is 2.65. The van der Waals surface area contributed by atoms with Gasteiger partial charge in [-0.15, -0.1) is 6.42 Å². The zero-order valence-electron chi connectivity index (χ0n) is 19.9. The summed E-state index contributed by atoms with van der Waals surface area (Å²) in [5.41, 5.74) is 2.77. The highest BCUT2D eigenvalue weighted by molar-refractivity contribution is 5.78. The van der Waals surface area contributed by atoms with Crippen LogP contribution in [0.5, 0.6) is 11.5 Å². The lowest BCUT2D eigenvalue weighted by molar-refractivity contribution is -0.165. The molecule has 4 N–H and O–H groups in total. The Morgan fingerprint density at radius 1 is 0.865 bits per heavy atom. The van der Waals surface area contributed by atoms with E-state index in [2.05, 4.69) is 27.4 Å². The third-order valence-electron chi connectivity index (χ3n) is 6.31. The summed E-state index contributed by atoms with van der Waals surface area (Å²) in [6.07, 6.45) is 3.63. The Bertz CT molecular complexity index is 1130. The van der Waals surface area contributed by atoms with E-state index in [1.165, 1.54) is 24.3 Å². The number of carbonyl (C=O) groups excluding carboxylic acids is 2. The van der Waals surface area contributed by atoms with Crippen LogP contribution in [0.2, 0.25) is 0 Å². The maximum atomic E-state index is 13.1. The van der Waals surface area contributed by atoms with Gasteiger partial charge in [-0.05, 0) is 67.6 Å². The predicted molar refractivity (Wildman–Crippen MR) is 128 cm³/mol. The van der Waals surface area contributed by atoms with Gasteiger partial charge < -0.3 is 20.1 Å². The summed E-state index contributed by atoms with van der Waals surface area (Å²) in [6.45, 7) is -0.356. The molecule has 0 spiro atoms. The third-order valence-corrected chi connectivity index (χ3v) is 6.31. The van der Waals surface area contributed by atoms with Gasteiger partial charge in [-0.1, -0.05) is 18.1 Å². The monoisotopic (exact) mass is 516 g/mol. The fraction of sp³-hybridized carbons (Fsp3) is 0.385. The number of carbonyl (C=O) groups is 2. The molecule has 8 nitrogen and oxygen atoms in total. The summed E-state index contributed by atoms with van der Waals surface area (Å²) >= 11 is 0. The Morgan fingerprint density at radius 3 is 1.68 bits per heavy atom. The first-order valence-electron chi connectivity index (χ1n) is 11.8. The molecule has 1 saturated carbocycles. The van der Waals surface area contributed by atoms with Gasteiger partial charge in [0.2, 0.25) is 5.66 Å². The van der Waals surface area contributed by atoms with Gasteiger partial charge in [0.05, 0.1) is 0 Å². The number of benzene rings is 2. The lowest BCUT2D eigenvalue weighted by Crippen LogP contribution is -2.45. The minimum absolute atomic E-state index is 0.00160. The van der Waals surface area contributed by atoms with Crippen LogP contribution in [0.4, 0.5) is 13.2 Å². The number of nitrogens with one attached hydrogen (secondary N) is 4. The van der Waals surface area contributed by atoms with Crippen LogP contribution in [-0.4, -0.2) is 43.3 Å². The molecule has 1 aliphatic heterocycles. The second-order valence-electron chi connectivity index (χ2n) is 8.95. The molecule has 1 aliphatic carbocycles. The highest BCUT2D eigenvalue weighted by Crippen LogP contribution is 2.42. The lowest BCUT2D eigenvalue weighted by Gasteiger charge is -2.29. The normalized spacial score (nSPS) is 20.3. The number of hydrogen-bond acceptors (Lipinski definition) is 6. The fourth-order valence-electron chi connectivity index (χ4n) is 4.18. The van der Waals surface area contributed by atoms with E-state index >= 15 is 0 Å². The molecule has 37 heavy (non-hydrogen) atoms. The van der Waals surface area contributed by atoms with E-state index in [1.54, 1.807) is 24.3 Å². The van der Waals surface area contributed by atoms with Crippen LogP contribution in [0.15, 0.2) is 48.5 Å². The summed E-state index contributed by atoms with van der Waals surface area (Å²) < 4.78 is 50.3. The molecule has 1 heterocycles. The summed E-state index contributed by atoms with van der Waals surface area (Å²) in [5, 5.41) is 5.85. The largest absolute Gasteiger partial charge is 0.484 e. The SMILES string of the molecule is C#Cc1ccc(OCC(=O)N[C@H]2CC[C@H](NC(=O)COc3ccc(C4(C(F)(F)F)NN4)cc3)CC2)cc1. The molecule has 2 aliphatic rings. The van der Waals surface area contributed by atoms with Gasteiger partial charge in [0, 0.05) is 17.6 Å². The standard InChI is InChI=1S/C26H27F3N4O4/c1-2-17-3-11-21(12-4-17)36-15-23(34)30-19-7-9-20(10-8-19)31-24(35)16-37-22-13-5-18(6-14-22)25(32-33-25)26(27,28)29/h1,3-6,11-14,19-20,32-33H,7-10,15-16H2,(H,30,34)(H,31,35)/t19-,20-. The Labute approximate surface area is 212 Å². The van der Waals surface area contributed by atoms with Crippen LogP contribution in [-0.2, 0) is 15.3 Å². The average molecular weight is 517 g/mol. The van der Waals surface area contributed by atoms with Gasteiger partial charge in [0.15, 0.2) is 13.2 Å². The molecule has 0 aromatic heterocycles. The maximum Gasteiger partial charge on any atom is 0.426 e. The van der Waals surface area contributed by atoms with Gasteiger partial charge in [0.25, 0.3) is 11.8 Å².